The van der Waals surface area contributed by atoms with Crippen LogP contribution >= 0.6 is 0 Å². The summed E-state index contributed by atoms with van der Waals surface area (Å²) in [4.78, 5) is 10.2. The minimum absolute atomic E-state index is 0.00231. The second kappa shape index (κ2) is 11.8. The van der Waals surface area contributed by atoms with Gasteiger partial charge in [0.25, 0.3) is 0 Å². The Kier molecular flexibility index (Phi) is 15.0. The SMILES string of the molecule is CC[N-]C(=O)CC.[F][Ti][F]. The van der Waals surface area contributed by atoms with Crippen molar-refractivity contribution >= 4 is 5.91 Å². The Labute approximate surface area is 69.7 Å². The molecule has 2 nitrogen and oxygen atoms in total. The van der Waals surface area contributed by atoms with Crippen LogP contribution in [0.5, 0.6) is 0 Å². The van der Waals surface area contributed by atoms with Gasteiger partial charge in [-0.15, -0.1) is 6.54 Å². The van der Waals surface area contributed by atoms with Crippen molar-refractivity contribution in [1.29, 1.82) is 0 Å². The second-order valence-corrected chi connectivity index (χ2v) is 1.52. The summed E-state index contributed by atoms with van der Waals surface area (Å²) in [5.74, 6) is 0.00231. The van der Waals surface area contributed by atoms with Gasteiger partial charge in [-0.2, -0.15) is 0 Å². The van der Waals surface area contributed by atoms with Gasteiger partial charge in [-0.05, 0) is 6.42 Å². The Morgan fingerprint density at radius 2 is 1.90 bits per heavy atom. The van der Waals surface area contributed by atoms with Gasteiger partial charge in [0.1, 0.15) is 0 Å². The maximum atomic E-state index is 10.2. The molecule has 0 aromatic heterocycles. The molecule has 0 unspecified atom stereocenters. The van der Waals surface area contributed by atoms with Gasteiger partial charge < -0.3 is 10.1 Å². The van der Waals surface area contributed by atoms with E-state index in [1.807, 2.05) is 13.8 Å². The first kappa shape index (κ1) is 12.7. The van der Waals surface area contributed by atoms with Crippen LogP contribution in [0.15, 0.2) is 0 Å². The third kappa shape index (κ3) is 15.7. The fraction of sp³-hybridized carbons (Fsp3) is 0.800. The van der Waals surface area contributed by atoms with Gasteiger partial charge in [-0.25, -0.2) is 0 Å². The van der Waals surface area contributed by atoms with Crippen LogP contribution in [-0.2, 0) is 25.0 Å². The Balaban J connectivity index is 0. The van der Waals surface area contributed by atoms with Gasteiger partial charge in [0.2, 0.25) is 0 Å². The molecule has 0 atom stereocenters. The average molecular weight is 186 g/mol. The molecule has 0 aliphatic carbocycles. The van der Waals surface area contributed by atoms with Gasteiger partial charge in [-0.3, -0.25) is 0 Å². The number of carbonyl (C=O) groups excluding carboxylic acids is 1. The number of hydrogen-bond donors (Lipinski definition) is 0. The number of nitrogens with zero attached hydrogens (tertiary/aromatic N) is 1. The average Bonchev–Trinajstić information content (AvgIpc) is 1.90. The molecule has 5 heteroatoms. The third-order valence-corrected chi connectivity index (χ3v) is 0.637. The molecule has 0 spiro atoms. The summed E-state index contributed by atoms with van der Waals surface area (Å²) in [6, 6.07) is 0. The molecule has 0 saturated carbocycles. The predicted molar refractivity (Wildman–Crippen MR) is 31.4 cm³/mol. The summed E-state index contributed by atoms with van der Waals surface area (Å²) in [7, 11) is 0. The molecular weight excluding hydrogens is 176 g/mol. The summed E-state index contributed by atoms with van der Waals surface area (Å²) >= 11 is -2.50. The van der Waals surface area contributed by atoms with E-state index in [2.05, 4.69) is 5.32 Å². The molecule has 0 rings (SSSR count). The van der Waals surface area contributed by atoms with E-state index in [4.69, 9.17) is 0 Å². The molecule has 0 N–H and O–H groups in total. The minimum atomic E-state index is -2.50. The number of hydrogen-bond acceptors (Lipinski definition) is 1. The number of amides is 1. The summed E-state index contributed by atoms with van der Waals surface area (Å²) in [5.41, 5.74) is 0. The van der Waals surface area contributed by atoms with Crippen LogP contribution in [0.2, 0.25) is 0 Å². The van der Waals surface area contributed by atoms with Crippen LogP contribution in [-0.4, -0.2) is 12.5 Å². The molecule has 0 aliphatic heterocycles. The Bertz CT molecular complexity index is 82.0. The van der Waals surface area contributed by atoms with Gasteiger partial charge >= 0.3 is 26.4 Å². The molecular formula is C5H10F2NOTi-. The van der Waals surface area contributed by atoms with E-state index in [1.54, 1.807) is 0 Å². The van der Waals surface area contributed by atoms with Crippen molar-refractivity contribution in [2.45, 2.75) is 20.3 Å². The van der Waals surface area contributed by atoms with Crippen molar-refractivity contribution in [1.82, 2.24) is 0 Å². The molecule has 1 amide bonds. The molecule has 0 heterocycles. The number of halogens is 2. The Morgan fingerprint density at radius 1 is 1.50 bits per heavy atom. The Hall–Kier alpha value is 0.0443. The number of rotatable bonds is 2. The fourth-order valence-corrected chi connectivity index (χ4v) is 0.288. The number of carbonyl (C=O) groups is 1. The van der Waals surface area contributed by atoms with Crippen molar-refractivity contribution in [3.05, 3.63) is 5.32 Å². The van der Waals surface area contributed by atoms with Crippen molar-refractivity contribution in [2.75, 3.05) is 6.54 Å². The summed E-state index contributed by atoms with van der Waals surface area (Å²) in [6.45, 7) is 4.28. The van der Waals surface area contributed by atoms with E-state index in [-0.39, 0.29) is 5.91 Å². The van der Waals surface area contributed by atoms with E-state index in [0.29, 0.717) is 13.0 Å². The van der Waals surface area contributed by atoms with Crippen LogP contribution in [0.25, 0.3) is 5.32 Å². The van der Waals surface area contributed by atoms with Gasteiger partial charge in [0.05, 0.1) is 5.91 Å². The molecule has 0 aliphatic rings. The van der Waals surface area contributed by atoms with Gasteiger partial charge in [0.15, 0.2) is 0 Å². The summed E-state index contributed by atoms with van der Waals surface area (Å²) in [6.07, 6.45) is 0.536. The second-order valence-electron chi connectivity index (χ2n) is 1.29. The Morgan fingerprint density at radius 3 is 2.00 bits per heavy atom. The monoisotopic (exact) mass is 186 g/mol. The first-order chi connectivity index (χ1) is 4.72. The molecule has 0 aromatic carbocycles. The zero-order chi connectivity index (χ0) is 8.41. The molecule has 0 bridgehead atoms. The zero-order valence-electron chi connectivity index (χ0n) is 6.03. The predicted octanol–water partition coefficient (Wildman–Crippen LogP) is 2.15. The third-order valence-electron chi connectivity index (χ3n) is 0.637. The molecule has 0 aromatic rings. The van der Waals surface area contributed by atoms with Gasteiger partial charge in [-0.1, -0.05) is 13.8 Å². The molecule has 60 valence electrons. The topological polar surface area (TPSA) is 31.2 Å². The molecule has 0 fully saturated rings. The normalized spacial score (nSPS) is 7.20. The van der Waals surface area contributed by atoms with Crippen molar-refractivity contribution in [3.63, 3.8) is 0 Å². The molecule has 0 saturated heterocycles. The summed E-state index contributed by atoms with van der Waals surface area (Å²) < 4.78 is 19.5. The molecule has 0 radical (unpaired) electrons. The fourth-order valence-electron chi connectivity index (χ4n) is 0.288. The van der Waals surface area contributed by atoms with Gasteiger partial charge in [0, 0.05) is 0 Å². The van der Waals surface area contributed by atoms with Crippen LogP contribution in [0.4, 0.5) is 6.18 Å². The first-order valence-electron chi connectivity index (χ1n) is 2.89. The maximum absolute atomic E-state index is 10.2. The van der Waals surface area contributed by atoms with Crippen LogP contribution in [0.3, 0.4) is 0 Å². The van der Waals surface area contributed by atoms with Crippen molar-refractivity contribution in [3.8, 4) is 0 Å². The van der Waals surface area contributed by atoms with Crippen molar-refractivity contribution in [2.24, 2.45) is 0 Å². The molecule has 10 heavy (non-hydrogen) atoms. The standard InChI is InChI=1S/C5H11NO.2FH.Ti/c1-3-5(7)6-4-2;;;/h3-4H2,1-2H3,(H,6,7);2*1H;/q;;;+2/p-3. The van der Waals surface area contributed by atoms with E-state index in [1.165, 1.54) is 0 Å². The summed E-state index contributed by atoms with van der Waals surface area (Å²) in [5, 5.41) is 3.60. The van der Waals surface area contributed by atoms with E-state index >= 15 is 0 Å². The first-order valence-corrected chi connectivity index (χ1v) is 4.07. The van der Waals surface area contributed by atoms with Crippen LogP contribution in [0, 0.1) is 0 Å². The van der Waals surface area contributed by atoms with Crippen LogP contribution in [0.1, 0.15) is 20.3 Å². The van der Waals surface area contributed by atoms with E-state index < -0.39 is 20.2 Å². The van der Waals surface area contributed by atoms with E-state index in [9.17, 15) is 11.0 Å². The van der Waals surface area contributed by atoms with E-state index in [0.717, 1.165) is 0 Å². The van der Waals surface area contributed by atoms with Crippen molar-refractivity contribution < 1.29 is 31.2 Å². The zero-order valence-corrected chi connectivity index (χ0v) is 7.59. The van der Waals surface area contributed by atoms with Crippen LogP contribution < -0.4 is 0 Å². The quantitative estimate of drug-likeness (QED) is 0.607.